The fraction of sp³-hybridized carbons (Fsp3) is 0. The van der Waals surface area contributed by atoms with Gasteiger partial charge >= 0.3 is 0 Å². The number of nitriles is 1. The Morgan fingerprint density at radius 3 is 2.15 bits per heavy atom. The van der Waals surface area contributed by atoms with Crippen molar-refractivity contribution < 1.29 is 4.42 Å². The predicted molar refractivity (Wildman–Crippen MR) is 161 cm³/mol. The average molecular weight is 512 g/mol. The molecule has 0 N–H and O–H groups in total. The second-order valence-electron chi connectivity index (χ2n) is 9.96. The van der Waals surface area contributed by atoms with Crippen molar-refractivity contribution in [3.05, 3.63) is 133 Å². The van der Waals surface area contributed by atoms with E-state index < -0.39 is 0 Å². The first-order valence-electron chi connectivity index (χ1n) is 13.2. The highest BCUT2D eigenvalue weighted by molar-refractivity contribution is 6.21. The number of pyridine rings is 1. The van der Waals surface area contributed by atoms with Gasteiger partial charge in [0, 0.05) is 33.4 Å². The van der Waals surface area contributed by atoms with E-state index in [1.165, 1.54) is 10.8 Å². The van der Waals surface area contributed by atoms with Crippen molar-refractivity contribution in [2.24, 2.45) is 0 Å². The largest absolute Gasteiger partial charge is 0.454 e. The number of nitrogens with zero attached hydrogens (tertiary/aromatic N) is 3. The van der Waals surface area contributed by atoms with Gasteiger partial charge in [0.25, 0.3) is 0 Å². The van der Waals surface area contributed by atoms with Crippen LogP contribution in [-0.2, 0) is 0 Å². The number of aromatic nitrogens is 2. The Balaban J connectivity index is 1.36. The Kier molecular flexibility index (Phi) is 4.85. The summed E-state index contributed by atoms with van der Waals surface area (Å²) in [7, 11) is 0. The molecule has 4 heteroatoms. The first-order valence-corrected chi connectivity index (χ1v) is 13.2. The smallest absolute Gasteiger partial charge is 0.160 e. The van der Waals surface area contributed by atoms with E-state index in [1.54, 1.807) is 6.20 Å². The number of furan rings is 1. The maximum Gasteiger partial charge on any atom is 0.160 e. The Morgan fingerprint density at radius 2 is 1.30 bits per heavy atom. The molecule has 3 aromatic heterocycles. The second kappa shape index (κ2) is 8.69. The van der Waals surface area contributed by atoms with Crippen molar-refractivity contribution in [2.75, 3.05) is 0 Å². The van der Waals surface area contributed by atoms with E-state index in [2.05, 4.69) is 113 Å². The van der Waals surface area contributed by atoms with E-state index in [1.807, 2.05) is 24.3 Å². The van der Waals surface area contributed by atoms with Gasteiger partial charge in [-0.05, 0) is 70.8 Å². The van der Waals surface area contributed by atoms with Crippen LogP contribution in [-0.4, -0.2) is 9.55 Å². The number of hydrogen-bond acceptors (Lipinski definition) is 3. The topological polar surface area (TPSA) is 54.8 Å². The third kappa shape index (κ3) is 3.35. The summed E-state index contributed by atoms with van der Waals surface area (Å²) in [6.45, 7) is 0. The van der Waals surface area contributed by atoms with Crippen molar-refractivity contribution in [3.8, 4) is 34.0 Å². The molecular weight excluding hydrogens is 490 g/mol. The fourth-order valence-corrected chi connectivity index (χ4v) is 5.87. The molecule has 40 heavy (non-hydrogen) atoms. The normalized spacial score (nSPS) is 11.5. The molecule has 0 fully saturated rings. The lowest BCUT2D eigenvalue weighted by atomic mass is 9.99. The number of rotatable bonds is 3. The molecule has 0 saturated heterocycles. The number of hydrogen-bond donors (Lipinski definition) is 0. The van der Waals surface area contributed by atoms with Crippen LogP contribution in [0.1, 0.15) is 5.69 Å². The number of benzene rings is 5. The molecule has 0 saturated carbocycles. The van der Waals surface area contributed by atoms with E-state index in [-0.39, 0.29) is 0 Å². The summed E-state index contributed by atoms with van der Waals surface area (Å²) in [4.78, 5) is 4.12. The molecule has 4 nitrogen and oxygen atoms in total. The molecule has 5 aromatic carbocycles. The van der Waals surface area contributed by atoms with Gasteiger partial charge in [-0.25, -0.2) is 4.98 Å². The number of fused-ring (bicyclic) bond motifs is 7. The monoisotopic (exact) mass is 511 g/mol. The Labute approximate surface area is 230 Å². The van der Waals surface area contributed by atoms with E-state index in [4.69, 9.17) is 4.42 Å². The average Bonchev–Trinajstić information content (AvgIpc) is 3.57. The molecule has 3 heterocycles. The highest BCUT2D eigenvalue weighted by atomic mass is 16.3. The summed E-state index contributed by atoms with van der Waals surface area (Å²) in [5.74, 6) is 0. The zero-order valence-corrected chi connectivity index (χ0v) is 21.4. The first-order chi connectivity index (χ1) is 19.8. The van der Waals surface area contributed by atoms with Gasteiger partial charge in [0.1, 0.15) is 17.3 Å². The van der Waals surface area contributed by atoms with Crippen molar-refractivity contribution in [3.63, 3.8) is 0 Å². The molecule has 0 aliphatic carbocycles. The highest BCUT2D eigenvalue weighted by Gasteiger charge is 2.19. The minimum absolute atomic E-state index is 0.410. The third-order valence-corrected chi connectivity index (χ3v) is 7.69. The van der Waals surface area contributed by atoms with E-state index in [0.29, 0.717) is 5.69 Å². The minimum atomic E-state index is 0.410. The Hall–Kier alpha value is -5.66. The van der Waals surface area contributed by atoms with Gasteiger partial charge in [-0.3, -0.25) is 0 Å². The maximum absolute atomic E-state index is 9.30. The molecule has 0 bridgehead atoms. The van der Waals surface area contributed by atoms with Gasteiger partial charge in [0.15, 0.2) is 5.58 Å². The molecule has 0 amide bonds. The molecule has 0 aliphatic heterocycles. The molecule has 0 radical (unpaired) electrons. The van der Waals surface area contributed by atoms with E-state index in [9.17, 15) is 5.26 Å². The molecule has 0 unspecified atom stereocenters. The van der Waals surface area contributed by atoms with Crippen LogP contribution in [0.3, 0.4) is 0 Å². The third-order valence-electron chi connectivity index (χ3n) is 7.69. The van der Waals surface area contributed by atoms with Gasteiger partial charge in [0.05, 0.1) is 11.0 Å². The molecule has 8 rings (SSSR count). The summed E-state index contributed by atoms with van der Waals surface area (Å²) in [5, 5.41) is 13.9. The molecule has 8 aromatic rings. The van der Waals surface area contributed by atoms with Crippen LogP contribution in [0.2, 0.25) is 0 Å². The zero-order chi connectivity index (χ0) is 26.6. The summed E-state index contributed by atoms with van der Waals surface area (Å²) in [6.07, 6.45) is 1.68. The lowest BCUT2D eigenvalue weighted by Gasteiger charge is -2.11. The van der Waals surface area contributed by atoms with Crippen molar-refractivity contribution >= 4 is 43.7 Å². The van der Waals surface area contributed by atoms with Crippen molar-refractivity contribution in [2.45, 2.75) is 0 Å². The number of para-hydroxylation sites is 2. The van der Waals surface area contributed by atoms with Gasteiger partial charge in [0.2, 0.25) is 0 Å². The molecule has 0 spiro atoms. The molecular formula is C36H21N3O. The summed E-state index contributed by atoms with van der Waals surface area (Å²) in [6, 6.07) is 44.1. The highest BCUT2D eigenvalue weighted by Crippen LogP contribution is 2.40. The lowest BCUT2D eigenvalue weighted by Crippen LogP contribution is -1.94. The Morgan fingerprint density at radius 1 is 0.600 bits per heavy atom. The van der Waals surface area contributed by atoms with Crippen LogP contribution in [0.15, 0.2) is 132 Å². The maximum atomic E-state index is 9.30. The van der Waals surface area contributed by atoms with Crippen LogP contribution in [0.4, 0.5) is 0 Å². The summed E-state index contributed by atoms with van der Waals surface area (Å²) in [5.41, 5.74) is 9.70. The Bertz CT molecular complexity index is 2300. The quantitative estimate of drug-likeness (QED) is 0.237. The summed E-state index contributed by atoms with van der Waals surface area (Å²) < 4.78 is 8.83. The van der Waals surface area contributed by atoms with Crippen LogP contribution in [0, 0.1) is 11.3 Å². The van der Waals surface area contributed by atoms with Gasteiger partial charge in [-0.1, -0.05) is 72.8 Å². The molecule has 0 atom stereocenters. The van der Waals surface area contributed by atoms with Crippen molar-refractivity contribution in [1.82, 2.24) is 9.55 Å². The van der Waals surface area contributed by atoms with Crippen LogP contribution in [0.5, 0.6) is 0 Å². The molecule has 186 valence electrons. The lowest BCUT2D eigenvalue weighted by molar-refractivity contribution is 0.671. The van der Waals surface area contributed by atoms with Crippen LogP contribution < -0.4 is 0 Å². The first kappa shape index (κ1) is 22.3. The fourth-order valence-electron chi connectivity index (χ4n) is 5.87. The zero-order valence-electron chi connectivity index (χ0n) is 21.4. The predicted octanol–water partition coefficient (Wildman–Crippen LogP) is 9.28. The van der Waals surface area contributed by atoms with Crippen LogP contribution >= 0.6 is 0 Å². The molecule has 0 aliphatic rings. The standard InChI is InChI=1S/C36H21N3O/c37-22-27-20-26(17-18-38-27)24-8-5-7-23(19-24)25-9-6-10-28(21-25)39-33-13-3-1-11-29(33)31-15-16-32-30-12-2-4-14-34(30)40-36(32)35(31)39/h1-21H. The van der Waals surface area contributed by atoms with Gasteiger partial charge in [-0.2, -0.15) is 5.26 Å². The van der Waals surface area contributed by atoms with Gasteiger partial charge in [-0.15, -0.1) is 0 Å². The van der Waals surface area contributed by atoms with Gasteiger partial charge < -0.3 is 8.98 Å². The SMILES string of the molecule is N#Cc1cc(-c2cccc(-c3cccc(-n4c5ccccc5c5ccc6c7ccccc7oc6c54)c3)c2)ccn1. The summed E-state index contributed by atoms with van der Waals surface area (Å²) >= 11 is 0. The minimum Gasteiger partial charge on any atom is -0.454 e. The van der Waals surface area contributed by atoms with Crippen LogP contribution in [0.25, 0.3) is 71.7 Å². The second-order valence-corrected chi connectivity index (χ2v) is 9.96. The van der Waals surface area contributed by atoms with E-state index in [0.717, 1.165) is 60.9 Å². The van der Waals surface area contributed by atoms with E-state index >= 15 is 0 Å². The van der Waals surface area contributed by atoms with Crippen molar-refractivity contribution in [1.29, 1.82) is 5.26 Å².